The Kier molecular flexibility index (Phi) is 3.89. The fraction of sp³-hybridized carbons (Fsp3) is 0.176. The van der Waals surface area contributed by atoms with E-state index in [1.54, 1.807) is 37.1 Å². The van der Waals surface area contributed by atoms with Crippen LogP contribution < -0.4 is 14.8 Å². The molecule has 0 atom stereocenters. The molecule has 0 fully saturated rings. The molecule has 1 aromatic heterocycles. The first-order chi connectivity index (χ1) is 11.1. The Morgan fingerprint density at radius 2 is 1.83 bits per heavy atom. The summed E-state index contributed by atoms with van der Waals surface area (Å²) >= 11 is 0. The summed E-state index contributed by atoms with van der Waals surface area (Å²) in [6, 6.07) is 12.8. The van der Waals surface area contributed by atoms with E-state index in [2.05, 4.69) is 10.4 Å². The van der Waals surface area contributed by atoms with Crippen LogP contribution in [0.2, 0.25) is 0 Å². The highest BCUT2D eigenvalue weighted by Gasteiger charge is 2.16. The molecule has 0 bridgehead atoms. The Balaban J connectivity index is 1.92. The third-order valence-electron chi connectivity index (χ3n) is 3.61. The molecule has 1 amide bonds. The molecular formula is C17H17N3O3. The van der Waals surface area contributed by atoms with Gasteiger partial charge in [0.05, 0.1) is 19.7 Å². The molecule has 0 aliphatic rings. The van der Waals surface area contributed by atoms with E-state index in [0.29, 0.717) is 22.9 Å². The molecular weight excluding hydrogens is 294 g/mol. The van der Waals surface area contributed by atoms with Crippen molar-refractivity contribution in [2.45, 2.75) is 0 Å². The predicted molar refractivity (Wildman–Crippen MR) is 88.2 cm³/mol. The summed E-state index contributed by atoms with van der Waals surface area (Å²) < 4.78 is 12.1. The maximum atomic E-state index is 12.5. The molecule has 1 N–H and O–H groups in total. The molecule has 0 aliphatic carbocycles. The highest BCUT2D eigenvalue weighted by molar-refractivity contribution is 6.11. The molecule has 3 rings (SSSR count). The summed E-state index contributed by atoms with van der Waals surface area (Å²) in [6.07, 6.45) is 0. The number of hydrogen-bond donors (Lipinski definition) is 1. The quantitative estimate of drug-likeness (QED) is 0.804. The zero-order valence-corrected chi connectivity index (χ0v) is 13.2. The van der Waals surface area contributed by atoms with Crippen molar-refractivity contribution in [1.82, 2.24) is 9.78 Å². The Hall–Kier alpha value is -3.02. The van der Waals surface area contributed by atoms with Crippen molar-refractivity contribution in [2.24, 2.45) is 7.05 Å². The van der Waals surface area contributed by atoms with Gasteiger partial charge in [0.15, 0.2) is 17.2 Å². The van der Waals surface area contributed by atoms with Crippen LogP contribution in [0.4, 0.5) is 5.69 Å². The number of hydrogen-bond acceptors (Lipinski definition) is 4. The van der Waals surface area contributed by atoms with E-state index in [-0.39, 0.29) is 5.91 Å². The zero-order chi connectivity index (χ0) is 16.4. The van der Waals surface area contributed by atoms with Gasteiger partial charge in [0.2, 0.25) is 0 Å². The number of aryl methyl sites for hydroxylation is 1. The fourth-order valence-electron chi connectivity index (χ4n) is 2.49. The average Bonchev–Trinajstić information content (AvgIpc) is 2.92. The van der Waals surface area contributed by atoms with Crippen LogP contribution in [0.3, 0.4) is 0 Å². The molecule has 0 saturated heterocycles. The molecule has 0 saturated carbocycles. The maximum absolute atomic E-state index is 12.5. The first kappa shape index (κ1) is 14.9. The van der Waals surface area contributed by atoms with Gasteiger partial charge in [-0.2, -0.15) is 5.10 Å². The molecule has 0 aliphatic heterocycles. The van der Waals surface area contributed by atoms with Crippen LogP contribution in [0.25, 0.3) is 10.9 Å². The summed E-state index contributed by atoms with van der Waals surface area (Å²) in [5.74, 6) is 0.888. The van der Waals surface area contributed by atoms with Gasteiger partial charge in [-0.15, -0.1) is 0 Å². The lowest BCUT2D eigenvalue weighted by Crippen LogP contribution is -2.13. The molecule has 118 valence electrons. The summed E-state index contributed by atoms with van der Waals surface area (Å²) in [4.78, 5) is 12.5. The topological polar surface area (TPSA) is 65.4 Å². The van der Waals surface area contributed by atoms with Crippen molar-refractivity contribution < 1.29 is 14.3 Å². The van der Waals surface area contributed by atoms with Crippen LogP contribution in [0.15, 0.2) is 42.5 Å². The molecule has 0 unspecified atom stereocenters. The molecule has 23 heavy (non-hydrogen) atoms. The Labute approximate surface area is 133 Å². The second-order valence-corrected chi connectivity index (χ2v) is 5.01. The fourth-order valence-corrected chi connectivity index (χ4v) is 2.49. The summed E-state index contributed by atoms with van der Waals surface area (Å²) in [7, 11) is 4.93. The van der Waals surface area contributed by atoms with E-state index < -0.39 is 0 Å². The van der Waals surface area contributed by atoms with Gasteiger partial charge in [0.1, 0.15) is 0 Å². The Morgan fingerprint density at radius 1 is 1.09 bits per heavy atom. The van der Waals surface area contributed by atoms with Gasteiger partial charge in [0.25, 0.3) is 5.91 Å². The third kappa shape index (κ3) is 2.70. The monoisotopic (exact) mass is 311 g/mol. The minimum atomic E-state index is -0.269. The van der Waals surface area contributed by atoms with Gasteiger partial charge in [-0.1, -0.05) is 18.2 Å². The number of aromatic nitrogens is 2. The highest BCUT2D eigenvalue weighted by atomic mass is 16.5. The molecule has 6 heteroatoms. The third-order valence-corrected chi connectivity index (χ3v) is 3.61. The number of nitrogens with zero attached hydrogens (tertiary/aromatic N) is 2. The van der Waals surface area contributed by atoms with Crippen molar-refractivity contribution in [3.8, 4) is 11.5 Å². The van der Waals surface area contributed by atoms with E-state index in [9.17, 15) is 4.79 Å². The highest BCUT2D eigenvalue weighted by Crippen LogP contribution is 2.30. The molecule has 0 spiro atoms. The SMILES string of the molecule is COc1ccc(NC(=O)c2nn(C)c3ccccc23)cc1OC. The standard InChI is InChI=1S/C17H17N3O3/c1-20-13-7-5-4-6-12(13)16(19-20)17(21)18-11-8-9-14(22-2)15(10-11)23-3/h4-10H,1-3H3,(H,18,21). The lowest BCUT2D eigenvalue weighted by atomic mass is 10.2. The second kappa shape index (κ2) is 6.00. The van der Waals surface area contributed by atoms with Gasteiger partial charge < -0.3 is 14.8 Å². The zero-order valence-electron chi connectivity index (χ0n) is 13.2. The maximum Gasteiger partial charge on any atom is 0.276 e. The summed E-state index contributed by atoms with van der Waals surface area (Å²) in [5, 5.41) is 7.96. The van der Waals surface area contributed by atoms with Crippen LogP contribution in [0, 0.1) is 0 Å². The number of carbonyl (C=O) groups excluding carboxylic acids is 1. The number of carbonyl (C=O) groups is 1. The van der Waals surface area contributed by atoms with E-state index in [4.69, 9.17) is 9.47 Å². The predicted octanol–water partition coefficient (Wildman–Crippen LogP) is 2.84. The Morgan fingerprint density at radius 3 is 2.57 bits per heavy atom. The van der Waals surface area contributed by atoms with Crippen LogP contribution in [0.1, 0.15) is 10.5 Å². The van der Waals surface area contributed by atoms with E-state index in [0.717, 1.165) is 10.9 Å². The van der Waals surface area contributed by atoms with Crippen LogP contribution in [-0.2, 0) is 7.05 Å². The van der Waals surface area contributed by atoms with Crippen LogP contribution in [0.5, 0.6) is 11.5 Å². The first-order valence-electron chi connectivity index (χ1n) is 7.09. The molecule has 3 aromatic rings. The number of methoxy groups -OCH3 is 2. The van der Waals surface area contributed by atoms with E-state index in [1.165, 1.54) is 0 Å². The number of amides is 1. The molecule has 2 aromatic carbocycles. The van der Waals surface area contributed by atoms with Crippen molar-refractivity contribution in [3.63, 3.8) is 0 Å². The number of benzene rings is 2. The smallest absolute Gasteiger partial charge is 0.276 e. The molecule has 0 radical (unpaired) electrons. The lowest BCUT2D eigenvalue weighted by Gasteiger charge is -2.10. The van der Waals surface area contributed by atoms with E-state index in [1.807, 2.05) is 31.3 Å². The number of para-hydroxylation sites is 1. The first-order valence-corrected chi connectivity index (χ1v) is 7.09. The average molecular weight is 311 g/mol. The summed E-state index contributed by atoms with van der Waals surface area (Å²) in [5.41, 5.74) is 1.91. The van der Waals surface area contributed by atoms with Gasteiger partial charge in [0, 0.05) is 24.2 Å². The van der Waals surface area contributed by atoms with Crippen molar-refractivity contribution in [3.05, 3.63) is 48.2 Å². The number of anilines is 1. The van der Waals surface area contributed by atoms with Gasteiger partial charge in [-0.3, -0.25) is 9.48 Å². The Bertz CT molecular complexity index is 871. The minimum Gasteiger partial charge on any atom is -0.493 e. The van der Waals surface area contributed by atoms with Crippen LogP contribution in [-0.4, -0.2) is 29.9 Å². The van der Waals surface area contributed by atoms with Gasteiger partial charge in [-0.05, 0) is 18.2 Å². The largest absolute Gasteiger partial charge is 0.493 e. The summed E-state index contributed by atoms with van der Waals surface area (Å²) in [6.45, 7) is 0. The minimum absolute atomic E-state index is 0.269. The van der Waals surface area contributed by atoms with Crippen molar-refractivity contribution in [1.29, 1.82) is 0 Å². The number of nitrogens with one attached hydrogen (secondary N) is 1. The second-order valence-electron chi connectivity index (χ2n) is 5.01. The number of ether oxygens (including phenoxy) is 2. The number of rotatable bonds is 4. The molecule has 1 heterocycles. The van der Waals surface area contributed by atoms with Crippen LogP contribution >= 0.6 is 0 Å². The van der Waals surface area contributed by atoms with Gasteiger partial charge in [-0.25, -0.2) is 0 Å². The van der Waals surface area contributed by atoms with Crippen molar-refractivity contribution >= 4 is 22.5 Å². The number of fused-ring (bicyclic) bond motifs is 1. The van der Waals surface area contributed by atoms with E-state index >= 15 is 0 Å². The lowest BCUT2D eigenvalue weighted by molar-refractivity contribution is 0.102. The van der Waals surface area contributed by atoms with Gasteiger partial charge >= 0.3 is 0 Å². The van der Waals surface area contributed by atoms with Crippen molar-refractivity contribution in [2.75, 3.05) is 19.5 Å². The molecule has 6 nitrogen and oxygen atoms in total. The normalized spacial score (nSPS) is 10.6.